The number of amides is 1. The van der Waals surface area contributed by atoms with Crippen molar-refractivity contribution < 1.29 is 19.1 Å². The Kier molecular flexibility index (Phi) is 8.28. The van der Waals surface area contributed by atoms with Gasteiger partial charge >= 0.3 is 12.1 Å². The normalized spacial score (nSPS) is 11.5. The standard InChI is InChI=1S/C15H20ClNO4/c1-2-3-9-13(14(18)21-11-16)17-15(19)20-10-12-7-5-4-6-8-12/h4-8,13H,2-3,9-11H2,1H3,(H,17,19). The van der Waals surface area contributed by atoms with E-state index in [-0.39, 0.29) is 12.7 Å². The molecule has 0 aliphatic heterocycles. The Balaban J connectivity index is 2.45. The van der Waals surface area contributed by atoms with Crippen LogP contribution in [0.4, 0.5) is 4.79 Å². The molecule has 21 heavy (non-hydrogen) atoms. The summed E-state index contributed by atoms with van der Waals surface area (Å²) < 4.78 is 9.80. The second-order valence-electron chi connectivity index (χ2n) is 4.47. The molecular formula is C15H20ClNO4. The molecule has 0 saturated carbocycles. The van der Waals surface area contributed by atoms with Gasteiger partial charge in [0.25, 0.3) is 0 Å². The van der Waals surface area contributed by atoms with Gasteiger partial charge in [0.2, 0.25) is 0 Å². The van der Waals surface area contributed by atoms with Crippen LogP contribution in [0.25, 0.3) is 0 Å². The number of ether oxygens (including phenoxy) is 2. The van der Waals surface area contributed by atoms with E-state index in [9.17, 15) is 9.59 Å². The molecule has 1 aromatic carbocycles. The lowest BCUT2D eigenvalue weighted by Crippen LogP contribution is -2.42. The van der Waals surface area contributed by atoms with Crippen molar-refractivity contribution >= 4 is 23.7 Å². The number of alkyl halides is 1. The Bertz CT molecular complexity index is 439. The number of unbranched alkanes of at least 4 members (excludes halogenated alkanes) is 1. The van der Waals surface area contributed by atoms with Crippen LogP contribution in [0.15, 0.2) is 30.3 Å². The predicted molar refractivity (Wildman–Crippen MR) is 79.9 cm³/mol. The van der Waals surface area contributed by atoms with Gasteiger partial charge in [0.05, 0.1) is 0 Å². The summed E-state index contributed by atoms with van der Waals surface area (Å²) in [7, 11) is 0. The topological polar surface area (TPSA) is 64.6 Å². The Morgan fingerprint density at radius 1 is 1.24 bits per heavy atom. The number of hydrogen-bond donors (Lipinski definition) is 1. The van der Waals surface area contributed by atoms with E-state index in [0.29, 0.717) is 6.42 Å². The van der Waals surface area contributed by atoms with E-state index in [1.807, 2.05) is 37.3 Å². The Morgan fingerprint density at radius 2 is 1.95 bits per heavy atom. The van der Waals surface area contributed by atoms with Crippen molar-refractivity contribution in [2.24, 2.45) is 0 Å². The Labute approximate surface area is 129 Å². The fraction of sp³-hybridized carbons (Fsp3) is 0.467. The molecule has 0 heterocycles. The number of esters is 1. The smallest absolute Gasteiger partial charge is 0.408 e. The van der Waals surface area contributed by atoms with Crippen molar-refractivity contribution in [3.05, 3.63) is 35.9 Å². The van der Waals surface area contributed by atoms with E-state index in [0.717, 1.165) is 18.4 Å². The van der Waals surface area contributed by atoms with E-state index in [1.54, 1.807) is 0 Å². The average Bonchev–Trinajstić information content (AvgIpc) is 2.50. The summed E-state index contributed by atoms with van der Waals surface area (Å²) in [5, 5.41) is 2.51. The van der Waals surface area contributed by atoms with Crippen molar-refractivity contribution in [2.75, 3.05) is 6.07 Å². The highest BCUT2D eigenvalue weighted by molar-refractivity contribution is 6.17. The lowest BCUT2D eigenvalue weighted by Gasteiger charge is -2.16. The zero-order valence-corrected chi connectivity index (χ0v) is 12.8. The maximum atomic E-state index is 11.7. The Morgan fingerprint density at radius 3 is 2.57 bits per heavy atom. The van der Waals surface area contributed by atoms with Crippen molar-refractivity contribution in [3.8, 4) is 0 Å². The van der Waals surface area contributed by atoms with E-state index >= 15 is 0 Å². The van der Waals surface area contributed by atoms with Crippen molar-refractivity contribution in [3.63, 3.8) is 0 Å². The molecule has 1 rings (SSSR count). The van der Waals surface area contributed by atoms with Crippen LogP contribution in [-0.2, 0) is 20.9 Å². The minimum absolute atomic E-state index is 0.151. The number of hydrogen-bond acceptors (Lipinski definition) is 4. The van der Waals surface area contributed by atoms with Gasteiger partial charge in [-0.3, -0.25) is 0 Å². The van der Waals surface area contributed by atoms with Crippen LogP contribution in [0.1, 0.15) is 31.7 Å². The lowest BCUT2D eigenvalue weighted by molar-refractivity contribution is -0.144. The van der Waals surface area contributed by atoms with Crippen LogP contribution in [0.5, 0.6) is 0 Å². The maximum Gasteiger partial charge on any atom is 0.408 e. The third-order valence-corrected chi connectivity index (χ3v) is 2.94. The molecule has 0 fully saturated rings. The molecule has 1 N–H and O–H groups in total. The van der Waals surface area contributed by atoms with Crippen LogP contribution < -0.4 is 5.32 Å². The number of alkyl carbamates (subject to hydrolysis) is 1. The molecule has 1 atom stereocenters. The van der Waals surface area contributed by atoms with E-state index in [4.69, 9.17) is 21.1 Å². The van der Waals surface area contributed by atoms with Crippen molar-refractivity contribution in [1.29, 1.82) is 0 Å². The number of benzene rings is 1. The van der Waals surface area contributed by atoms with Crippen LogP contribution in [0, 0.1) is 0 Å². The van der Waals surface area contributed by atoms with Crippen molar-refractivity contribution in [2.45, 2.75) is 38.8 Å². The number of carbonyl (C=O) groups is 2. The molecule has 0 bridgehead atoms. The lowest BCUT2D eigenvalue weighted by atomic mass is 10.1. The summed E-state index contributed by atoms with van der Waals surface area (Å²) in [6, 6.07) is 8.34. The average molecular weight is 314 g/mol. The van der Waals surface area contributed by atoms with Gasteiger partial charge in [-0.1, -0.05) is 61.7 Å². The first kappa shape index (κ1) is 17.3. The highest BCUT2D eigenvalue weighted by atomic mass is 35.5. The predicted octanol–water partition coefficient (Wildman–Crippen LogP) is 3.21. The maximum absolute atomic E-state index is 11.7. The van der Waals surface area contributed by atoms with Gasteiger partial charge in [-0.25, -0.2) is 9.59 Å². The molecule has 0 spiro atoms. The van der Waals surface area contributed by atoms with E-state index < -0.39 is 18.1 Å². The quantitative estimate of drug-likeness (QED) is 0.591. The molecule has 0 saturated heterocycles. The molecule has 1 amide bonds. The van der Waals surface area contributed by atoms with Crippen LogP contribution >= 0.6 is 11.6 Å². The fourth-order valence-electron chi connectivity index (χ4n) is 1.72. The first-order valence-electron chi connectivity index (χ1n) is 6.87. The third-order valence-electron chi connectivity index (χ3n) is 2.83. The molecule has 5 nitrogen and oxygen atoms in total. The first-order valence-corrected chi connectivity index (χ1v) is 7.40. The molecule has 6 heteroatoms. The summed E-state index contributed by atoms with van der Waals surface area (Å²) in [4.78, 5) is 23.4. The number of halogens is 1. The molecule has 0 radical (unpaired) electrons. The molecule has 0 aliphatic rings. The summed E-state index contributed by atoms with van der Waals surface area (Å²) in [5.74, 6) is -0.546. The number of carbonyl (C=O) groups excluding carboxylic acids is 2. The highest BCUT2D eigenvalue weighted by Crippen LogP contribution is 2.05. The third kappa shape index (κ3) is 6.99. The minimum Gasteiger partial charge on any atom is -0.448 e. The molecule has 1 unspecified atom stereocenters. The first-order chi connectivity index (χ1) is 10.2. The fourth-order valence-corrected chi connectivity index (χ4v) is 1.83. The second kappa shape index (κ2) is 10.0. The summed E-state index contributed by atoms with van der Waals surface area (Å²) in [6.45, 7) is 2.15. The van der Waals surface area contributed by atoms with E-state index in [1.165, 1.54) is 0 Å². The van der Waals surface area contributed by atoms with Crippen LogP contribution in [0.2, 0.25) is 0 Å². The second-order valence-corrected chi connectivity index (χ2v) is 4.69. The van der Waals surface area contributed by atoms with Crippen LogP contribution in [-0.4, -0.2) is 24.2 Å². The van der Waals surface area contributed by atoms with Crippen LogP contribution in [0.3, 0.4) is 0 Å². The van der Waals surface area contributed by atoms with Gasteiger partial charge in [-0.15, -0.1) is 0 Å². The van der Waals surface area contributed by atoms with Gasteiger partial charge in [0.1, 0.15) is 12.6 Å². The van der Waals surface area contributed by atoms with Gasteiger partial charge in [0.15, 0.2) is 6.07 Å². The molecule has 116 valence electrons. The molecule has 0 aliphatic carbocycles. The zero-order valence-electron chi connectivity index (χ0n) is 12.0. The van der Waals surface area contributed by atoms with Gasteiger partial charge in [-0.2, -0.15) is 0 Å². The van der Waals surface area contributed by atoms with Crippen molar-refractivity contribution in [1.82, 2.24) is 5.32 Å². The minimum atomic E-state index is -0.730. The largest absolute Gasteiger partial charge is 0.448 e. The monoisotopic (exact) mass is 313 g/mol. The molecule has 1 aromatic rings. The summed E-state index contributed by atoms with van der Waals surface area (Å²) in [6.07, 6.45) is 1.55. The Hall–Kier alpha value is -1.75. The number of rotatable bonds is 8. The highest BCUT2D eigenvalue weighted by Gasteiger charge is 2.22. The van der Waals surface area contributed by atoms with Gasteiger partial charge in [-0.05, 0) is 12.0 Å². The molecular weight excluding hydrogens is 294 g/mol. The van der Waals surface area contributed by atoms with E-state index in [2.05, 4.69) is 5.32 Å². The molecule has 0 aromatic heterocycles. The number of nitrogens with one attached hydrogen (secondary N) is 1. The summed E-state index contributed by atoms with van der Waals surface area (Å²) in [5.41, 5.74) is 0.876. The zero-order chi connectivity index (χ0) is 15.5. The summed E-state index contributed by atoms with van der Waals surface area (Å²) >= 11 is 5.37. The van der Waals surface area contributed by atoms with Gasteiger partial charge in [0, 0.05) is 0 Å². The SMILES string of the molecule is CCCCC(NC(=O)OCc1ccccc1)C(=O)OCCl. The van der Waals surface area contributed by atoms with Gasteiger partial charge < -0.3 is 14.8 Å².